The summed E-state index contributed by atoms with van der Waals surface area (Å²) >= 11 is 0. The summed E-state index contributed by atoms with van der Waals surface area (Å²) in [5, 5.41) is 0. The molecule has 2 N–H and O–H groups in total. The van der Waals surface area contributed by atoms with Crippen LogP contribution in [-0.2, 0) is 0 Å². The fourth-order valence-electron chi connectivity index (χ4n) is 0.671. The van der Waals surface area contributed by atoms with Gasteiger partial charge in [-0.2, -0.15) is 0 Å². The van der Waals surface area contributed by atoms with Crippen LogP contribution < -0.4 is 5.73 Å². The number of hydrogen-bond donors (Lipinski definition) is 1. The number of allylic oxidation sites excluding steroid dienone is 3. The van der Waals surface area contributed by atoms with E-state index < -0.39 is 18.2 Å². The van der Waals surface area contributed by atoms with Crippen LogP contribution in [0.2, 0.25) is 0 Å². The molecule has 1 aliphatic carbocycles. The number of rotatable bonds is 0. The SMILES string of the molecule is NC1=CCC(F)(F)C=C1F. The maximum Gasteiger partial charge on any atom is 0.273 e. The second-order valence-electron chi connectivity index (χ2n) is 2.12. The van der Waals surface area contributed by atoms with Gasteiger partial charge in [0.25, 0.3) is 5.92 Å². The molecule has 0 unspecified atom stereocenters. The van der Waals surface area contributed by atoms with Gasteiger partial charge in [-0.05, 0) is 0 Å². The largest absolute Gasteiger partial charge is 0.397 e. The zero-order valence-electron chi connectivity index (χ0n) is 5.07. The Bertz CT molecular complexity index is 205. The van der Waals surface area contributed by atoms with E-state index in [4.69, 9.17) is 5.73 Å². The summed E-state index contributed by atoms with van der Waals surface area (Å²) in [7, 11) is 0. The van der Waals surface area contributed by atoms with Crippen LogP contribution in [0.5, 0.6) is 0 Å². The van der Waals surface area contributed by atoms with E-state index in [0.29, 0.717) is 0 Å². The molecule has 0 radical (unpaired) electrons. The van der Waals surface area contributed by atoms with E-state index in [2.05, 4.69) is 0 Å². The van der Waals surface area contributed by atoms with Crippen LogP contribution in [-0.4, -0.2) is 5.92 Å². The van der Waals surface area contributed by atoms with Gasteiger partial charge in [-0.15, -0.1) is 0 Å². The predicted octanol–water partition coefficient (Wildman–Crippen LogP) is 1.72. The molecular weight excluding hydrogens is 143 g/mol. The minimum atomic E-state index is -3.06. The van der Waals surface area contributed by atoms with Gasteiger partial charge in [0.15, 0.2) is 0 Å². The van der Waals surface area contributed by atoms with Crippen molar-refractivity contribution in [1.29, 1.82) is 0 Å². The third-order valence-corrected chi connectivity index (χ3v) is 1.21. The Kier molecular flexibility index (Phi) is 1.46. The first-order chi connectivity index (χ1) is 4.51. The molecule has 0 spiro atoms. The molecule has 10 heavy (non-hydrogen) atoms. The lowest BCUT2D eigenvalue weighted by Gasteiger charge is -2.14. The molecule has 0 heterocycles. The van der Waals surface area contributed by atoms with Crippen molar-refractivity contribution < 1.29 is 13.2 Å². The quantitative estimate of drug-likeness (QED) is 0.557. The van der Waals surface area contributed by atoms with Crippen LogP contribution >= 0.6 is 0 Å². The number of hydrogen-bond acceptors (Lipinski definition) is 1. The van der Waals surface area contributed by atoms with Gasteiger partial charge in [-0.3, -0.25) is 0 Å². The van der Waals surface area contributed by atoms with Crippen molar-refractivity contribution >= 4 is 0 Å². The fraction of sp³-hybridized carbons (Fsp3) is 0.333. The van der Waals surface area contributed by atoms with Gasteiger partial charge in [0.1, 0.15) is 5.83 Å². The normalized spacial score (nSPS) is 23.5. The van der Waals surface area contributed by atoms with Gasteiger partial charge >= 0.3 is 0 Å². The van der Waals surface area contributed by atoms with Crippen LogP contribution in [0.4, 0.5) is 13.2 Å². The summed E-state index contributed by atoms with van der Waals surface area (Å²) in [6.45, 7) is 0. The lowest BCUT2D eigenvalue weighted by Crippen LogP contribution is -2.17. The molecule has 0 aromatic carbocycles. The van der Waals surface area contributed by atoms with Gasteiger partial charge in [0.05, 0.1) is 5.70 Å². The maximum atomic E-state index is 12.3. The molecular formula is C6H6F3N. The molecule has 0 amide bonds. The Morgan fingerprint density at radius 2 is 2.10 bits per heavy atom. The van der Waals surface area contributed by atoms with Crippen LogP contribution in [0.3, 0.4) is 0 Å². The molecule has 0 saturated carbocycles. The van der Waals surface area contributed by atoms with E-state index in [-0.39, 0.29) is 11.8 Å². The molecule has 1 rings (SSSR count). The van der Waals surface area contributed by atoms with Crippen molar-refractivity contribution in [3.63, 3.8) is 0 Å². The fourth-order valence-corrected chi connectivity index (χ4v) is 0.671. The highest BCUT2D eigenvalue weighted by atomic mass is 19.3. The maximum absolute atomic E-state index is 12.3. The Morgan fingerprint density at radius 3 is 2.50 bits per heavy atom. The zero-order valence-corrected chi connectivity index (χ0v) is 5.07. The smallest absolute Gasteiger partial charge is 0.273 e. The monoisotopic (exact) mass is 149 g/mol. The molecule has 0 saturated heterocycles. The van der Waals surface area contributed by atoms with Crippen molar-refractivity contribution in [3.8, 4) is 0 Å². The highest BCUT2D eigenvalue weighted by Crippen LogP contribution is 2.29. The van der Waals surface area contributed by atoms with E-state index in [1.807, 2.05) is 0 Å². The molecule has 0 aliphatic heterocycles. The highest BCUT2D eigenvalue weighted by molar-refractivity contribution is 5.28. The molecule has 4 heteroatoms. The Labute approximate surface area is 56.0 Å². The van der Waals surface area contributed by atoms with E-state index in [9.17, 15) is 13.2 Å². The van der Waals surface area contributed by atoms with E-state index in [1.165, 1.54) is 0 Å². The number of halogens is 3. The summed E-state index contributed by atoms with van der Waals surface area (Å²) in [6, 6.07) is 0. The number of alkyl halides is 2. The van der Waals surface area contributed by atoms with Crippen LogP contribution in [0.1, 0.15) is 6.42 Å². The number of nitrogens with two attached hydrogens (primary N) is 1. The molecule has 1 nitrogen and oxygen atoms in total. The van der Waals surface area contributed by atoms with E-state index >= 15 is 0 Å². The van der Waals surface area contributed by atoms with Crippen molar-refractivity contribution in [1.82, 2.24) is 0 Å². The topological polar surface area (TPSA) is 26.0 Å². The highest BCUT2D eigenvalue weighted by Gasteiger charge is 2.29. The average Bonchev–Trinajstić information content (AvgIpc) is 1.79. The summed E-state index contributed by atoms with van der Waals surface area (Å²) < 4.78 is 36.7. The summed E-state index contributed by atoms with van der Waals surface area (Å²) in [5.74, 6) is -4.09. The van der Waals surface area contributed by atoms with Gasteiger partial charge in [-0.1, -0.05) is 6.08 Å². The minimum Gasteiger partial charge on any atom is -0.397 e. The first kappa shape index (κ1) is 7.18. The zero-order chi connectivity index (χ0) is 7.78. The summed E-state index contributed by atoms with van der Waals surface area (Å²) in [6.07, 6.45) is 0.712. The molecule has 56 valence electrons. The molecule has 0 aromatic heterocycles. The van der Waals surface area contributed by atoms with Gasteiger partial charge in [0.2, 0.25) is 0 Å². The second kappa shape index (κ2) is 2.04. The van der Waals surface area contributed by atoms with Crippen molar-refractivity contribution in [2.24, 2.45) is 5.73 Å². The second-order valence-corrected chi connectivity index (χ2v) is 2.12. The molecule has 0 atom stereocenters. The molecule has 0 bridgehead atoms. The first-order valence-corrected chi connectivity index (χ1v) is 2.73. The standard InChI is InChI=1S/C6H6F3N/c7-4-3-6(8,9)2-1-5(4)10/h1,3H,2,10H2. The van der Waals surface area contributed by atoms with Gasteiger partial charge < -0.3 is 5.73 Å². The van der Waals surface area contributed by atoms with Crippen molar-refractivity contribution in [3.05, 3.63) is 23.7 Å². The van der Waals surface area contributed by atoms with E-state index in [1.54, 1.807) is 0 Å². The Morgan fingerprint density at radius 1 is 1.50 bits per heavy atom. The van der Waals surface area contributed by atoms with Crippen molar-refractivity contribution in [2.45, 2.75) is 12.3 Å². The average molecular weight is 149 g/mol. The minimum absolute atomic E-state index is 0.203. The lowest BCUT2D eigenvalue weighted by atomic mass is 10.1. The summed E-state index contributed by atoms with van der Waals surface area (Å²) in [4.78, 5) is 0. The lowest BCUT2D eigenvalue weighted by molar-refractivity contribution is 0.0543. The Balaban J connectivity index is 2.87. The van der Waals surface area contributed by atoms with Crippen LogP contribution in [0.25, 0.3) is 0 Å². The van der Waals surface area contributed by atoms with Gasteiger partial charge in [-0.25, -0.2) is 13.2 Å². The molecule has 0 aromatic rings. The third-order valence-electron chi connectivity index (χ3n) is 1.21. The van der Waals surface area contributed by atoms with Crippen LogP contribution in [0, 0.1) is 0 Å². The van der Waals surface area contributed by atoms with Crippen molar-refractivity contribution in [2.75, 3.05) is 0 Å². The summed E-state index contributed by atoms with van der Waals surface area (Å²) in [5.41, 5.74) is 4.78. The third kappa shape index (κ3) is 1.32. The molecule has 1 aliphatic rings. The molecule has 0 fully saturated rings. The van der Waals surface area contributed by atoms with Gasteiger partial charge in [0, 0.05) is 12.5 Å². The predicted molar refractivity (Wildman–Crippen MR) is 31.0 cm³/mol. The van der Waals surface area contributed by atoms with Crippen LogP contribution in [0.15, 0.2) is 23.7 Å². The first-order valence-electron chi connectivity index (χ1n) is 2.73. The Hall–Kier alpha value is -0.930. The van der Waals surface area contributed by atoms with E-state index in [0.717, 1.165) is 6.08 Å².